The van der Waals surface area contributed by atoms with Crippen LogP contribution in [0.2, 0.25) is 0 Å². The SMILES string of the molecule is COc1ccc(C2(CN[C@@H]3CCN(C(C)=O)Cc4ccccc43)CC2)cc1. The van der Waals surface area contributed by atoms with Crippen LogP contribution in [0.15, 0.2) is 48.5 Å². The van der Waals surface area contributed by atoms with Gasteiger partial charge in [0.05, 0.1) is 7.11 Å². The van der Waals surface area contributed by atoms with Gasteiger partial charge in [0.1, 0.15) is 5.75 Å². The molecular weight excluding hydrogens is 336 g/mol. The van der Waals surface area contributed by atoms with Crippen LogP contribution in [0.25, 0.3) is 0 Å². The molecule has 1 amide bonds. The molecule has 142 valence electrons. The van der Waals surface area contributed by atoms with Crippen molar-refractivity contribution >= 4 is 5.91 Å². The summed E-state index contributed by atoms with van der Waals surface area (Å²) in [5.41, 5.74) is 4.24. The predicted octanol–water partition coefficient (Wildman–Crippen LogP) is 3.81. The van der Waals surface area contributed by atoms with E-state index in [2.05, 4.69) is 53.8 Å². The normalized spacial score (nSPS) is 20.5. The quantitative estimate of drug-likeness (QED) is 0.877. The Morgan fingerprint density at radius 3 is 2.59 bits per heavy atom. The van der Waals surface area contributed by atoms with E-state index in [1.165, 1.54) is 29.5 Å². The van der Waals surface area contributed by atoms with Gasteiger partial charge in [-0.15, -0.1) is 0 Å². The Labute approximate surface area is 161 Å². The number of fused-ring (bicyclic) bond motifs is 1. The highest BCUT2D eigenvalue weighted by Gasteiger charge is 2.44. The molecule has 2 aromatic rings. The fraction of sp³-hybridized carbons (Fsp3) is 0.435. The molecule has 1 fully saturated rings. The third-order valence-corrected chi connectivity index (χ3v) is 6.17. The van der Waals surface area contributed by atoms with Gasteiger partial charge in [0.2, 0.25) is 5.91 Å². The van der Waals surface area contributed by atoms with Crippen molar-refractivity contribution in [3.63, 3.8) is 0 Å². The first kappa shape index (κ1) is 18.1. The van der Waals surface area contributed by atoms with E-state index >= 15 is 0 Å². The van der Waals surface area contributed by atoms with Crippen LogP contribution in [-0.2, 0) is 16.8 Å². The van der Waals surface area contributed by atoms with Crippen molar-refractivity contribution in [3.05, 3.63) is 65.2 Å². The van der Waals surface area contributed by atoms with Crippen LogP contribution in [-0.4, -0.2) is 31.0 Å². The minimum Gasteiger partial charge on any atom is -0.497 e. The van der Waals surface area contributed by atoms with Crippen LogP contribution in [0, 0.1) is 0 Å². The monoisotopic (exact) mass is 364 g/mol. The van der Waals surface area contributed by atoms with Gasteiger partial charge in [0.25, 0.3) is 0 Å². The van der Waals surface area contributed by atoms with Crippen molar-refractivity contribution in [2.24, 2.45) is 0 Å². The lowest BCUT2D eigenvalue weighted by atomic mass is 9.94. The van der Waals surface area contributed by atoms with Crippen molar-refractivity contribution in [1.82, 2.24) is 10.2 Å². The van der Waals surface area contributed by atoms with Gasteiger partial charge >= 0.3 is 0 Å². The lowest BCUT2D eigenvalue weighted by molar-refractivity contribution is -0.129. The van der Waals surface area contributed by atoms with Gasteiger partial charge in [0.15, 0.2) is 0 Å². The molecule has 1 aliphatic heterocycles. The van der Waals surface area contributed by atoms with Crippen molar-refractivity contribution in [2.45, 2.75) is 44.2 Å². The van der Waals surface area contributed by atoms with E-state index in [0.717, 1.165) is 25.3 Å². The van der Waals surface area contributed by atoms with Gasteiger partial charge in [-0.25, -0.2) is 0 Å². The molecule has 1 saturated carbocycles. The van der Waals surface area contributed by atoms with E-state index in [1.807, 2.05) is 4.90 Å². The molecule has 27 heavy (non-hydrogen) atoms. The number of nitrogens with one attached hydrogen (secondary N) is 1. The van der Waals surface area contributed by atoms with Crippen LogP contribution in [0.4, 0.5) is 0 Å². The minimum atomic E-state index is 0.155. The fourth-order valence-corrected chi connectivity index (χ4v) is 4.21. The highest BCUT2D eigenvalue weighted by molar-refractivity contribution is 5.73. The van der Waals surface area contributed by atoms with Gasteiger partial charge in [0, 0.05) is 38.0 Å². The number of hydrogen-bond donors (Lipinski definition) is 1. The van der Waals surface area contributed by atoms with Gasteiger partial charge in [-0.05, 0) is 48.1 Å². The molecule has 0 bridgehead atoms. The van der Waals surface area contributed by atoms with Gasteiger partial charge in [-0.1, -0.05) is 36.4 Å². The van der Waals surface area contributed by atoms with Crippen molar-refractivity contribution in [2.75, 3.05) is 20.2 Å². The summed E-state index contributed by atoms with van der Waals surface area (Å²) in [5.74, 6) is 1.06. The lowest BCUT2D eigenvalue weighted by Crippen LogP contribution is -2.32. The number of amides is 1. The Kier molecular flexibility index (Phi) is 4.92. The fourth-order valence-electron chi connectivity index (χ4n) is 4.21. The Hall–Kier alpha value is -2.33. The Bertz CT molecular complexity index is 811. The van der Waals surface area contributed by atoms with E-state index in [1.54, 1.807) is 14.0 Å². The summed E-state index contributed by atoms with van der Waals surface area (Å²) in [6.45, 7) is 4.15. The Balaban J connectivity index is 1.50. The third-order valence-electron chi connectivity index (χ3n) is 6.17. The maximum absolute atomic E-state index is 11.9. The first-order valence-corrected chi connectivity index (χ1v) is 9.82. The van der Waals surface area contributed by atoms with Gasteiger partial charge < -0.3 is 15.0 Å². The van der Waals surface area contributed by atoms with Gasteiger partial charge in [-0.2, -0.15) is 0 Å². The molecule has 4 nitrogen and oxygen atoms in total. The van der Waals surface area contributed by atoms with Crippen molar-refractivity contribution in [3.8, 4) is 5.75 Å². The molecule has 0 unspecified atom stereocenters. The first-order chi connectivity index (χ1) is 13.1. The van der Waals surface area contributed by atoms with E-state index in [-0.39, 0.29) is 11.3 Å². The molecule has 4 rings (SSSR count). The second-order valence-corrected chi connectivity index (χ2v) is 7.87. The molecule has 4 heteroatoms. The number of carbonyl (C=O) groups is 1. The number of ether oxygens (including phenoxy) is 1. The zero-order chi connectivity index (χ0) is 18.9. The molecule has 1 aliphatic carbocycles. The average Bonchev–Trinajstić information content (AvgIpc) is 3.50. The first-order valence-electron chi connectivity index (χ1n) is 9.82. The number of methoxy groups -OCH3 is 1. The second kappa shape index (κ2) is 7.35. The van der Waals surface area contributed by atoms with Crippen LogP contribution >= 0.6 is 0 Å². The minimum absolute atomic E-state index is 0.155. The van der Waals surface area contributed by atoms with E-state index in [4.69, 9.17) is 4.74 Å². The molecule has 0 radical (unpaired) electrons. The summed E-state index contributed by atoms with van der Waals surface area (Å²) in [7, 11) is 1.71. The number of nitrogens with zero attached hydrogens (tertiary/aromatic N) is 1. The highest BCUT2D eigenvalue weighted by atomic mass is 16.5. The largest absolute Gasteiger partial charge is 0.497 e. The maximum Gasteiger partial charge on any atom is 0.219 e. The molecule has 0 aromatic heterocycles. The van der Waals surface area contributed by atoms with Crippen molar-refractivity contribution in [1.29, 1.82) is 0 Å². The summed E-state index contributed by atoms with van der Waals surface area (Å²) < 4.78 is 5.29. The lowest BCUT2D eigenvalue weighted by Gasteiger charge is -2.24. The predicted molar refractivity (Wildman–Crippen MR) is 107 cm³/mol. The molecule has 2 aromatic carbocycles. The maximum atomic E-state index is 11.9. The van der Waals surface area contributed by atoms with E-state index < -0.39 is 0 Å². The van der Waals surface area contributed by atoms with Crippen LogP contribution in [0.3, 0.4) is 0 Å². The van der Waals surface area contributed by atoms with Crippen LogP contribution in [0.5, 0.6) is 5.75 Å². The molecule has 1 atom stereocenters. The molecular formula is C23H28N2O2. The topological polar surface area (TPSA) is 41.6 Å². The summed E-state index contributed by atoms with van der Waals surface area (Å²) in [6, 6.07) is 17.3. The molecule has 1 N–H and O–H groups in total. The second-order valence-electron chi connectivity index (χ2n) is 7.87. The molecule has 1 heterocycles. The summed E-state index contributed by atoms with van der Waals surface area (Å²) in [5, 5.41) is 3.84. The summed E-state index contributed by atoms with van der Waals surface area (Å²) >= 11 is 0. The Morgan fingerprint density at radius 1 is 1.19 bits per heavy atom. The zero-order valence-corrected chi connectivity index (χ0v) is 16.2. The number of carbonyl (C=O) groups excluding carboxylic acids is 1. The average molecular weight is 364 g/mol. The van der Waals surface area contributed by atoms with E-state index in [0.29, 0.717) is 12.6 Å². The summed E-state index contributed by atoms with van der Waals surface area (Å²) in [6.07, 6.45) is 3.40. The molecule has 2 aliphatic rings. The third kappa shape index (κ3) is 3.72. The van der Waals surface area contributed by atoms with Crippen LogP contribution < -0.4 is 10.1 Å². The van der Waals surface area contributed by atoms with Crippen LogP contribution in [0.1, 0.15) is 48.9 Å². The standard InChI is InChI=1S/C23H28N2O2/c1-17(26)25-14-11-22(21-6-4-3-5-18(21)15-25)24-16-23(12-13-23)19-7-9-20(27-2)10-8-19/h3-10,22,24H,11-16H2,1-2H3/t22-/m1/s1. The number of benzene rings is 2. The van der Waals surface area contributed by atoms with Gasteiger partial charge in [-0.3, -0.25) is 4.79 Å². The summed E-state index contributed by atoms with van der Waals surface area (Å²) in [4.78, 5) is 13.9. The highest BCUT2D eigenvalue weighted by Crippen LogP contribution is 2.48. The molecule has 0 spiro atoms. The van der Waals surface area contributed by atoms with Crippen molar-refractivity contribution < 1.29 is 9.53 Å². The smallest absolute Gasteiger partial charge is 0.219 e. The number of rotatable bonds is 5. The Morgan fingerprint density at radius 2 is 1.93 bits per heavy atom. The number of hydrogen-bond acceptors (Lipinski definition) is 3. The zero-order valence-electron chi connectivity index (χ0n) is 16.2. The molecule has 0 saturated heterocycles. The van der Waals surface area contributed by atoms with E-state index in [9.17, 15) is 4.79 Å².